The van der Waals surface area contributed by atoms with E-state index in [0.29, 0.717) is 19.3 Å². The highest BCUT2D eigenvalue weighted by Gasteiger charge is 2.64. The van der Waals surface area contributed by atoms with Crippen LogP contribution >= 0.6 is 0 Å². The van der Waals surface area contributed by atoms with E-state index in [1.807, 2.05) is 6.07 Å². The highest BCUT2D eigenvalue weighted by Crippen LogP contribution is 2.61. The van der Waals surface area contributed by atoms with Crippen LogP contribution in [0.3, 0.4) is 0 Å². The number of carbonyl (C=O) groups excluding carboxylic acids is 3. The van der Waals surface area contributed by atoms with Gasteiger partial charge in [0.15, 0.2) is 0 Å². The number of ketones is 1. The van der Waals surface area contributed by atoms with Crippen molar-refractivity contribution in [3.8, 4) is 0 Å². The molecule has 0 spiro atoms. The molecule has 6 nitrogen and oxygen atoms in total. The SMILES string of the molecule is C[C@@]12C[C@@H](c3ccoc3)OC(=O)[C@H]1CC(=O)[C@@H]1[C@@H]3C[C@@H](C[C@H]12)OC3=O. The molecule has 6 heteroatoms. The number of fused-ring (bicyclic) bond motifs is 6. The van der Waals surface area contributed by atoms with Crippen molar-refractivity contribution in [2.75, 3.05) is 0 Å². The molecular formula is C19H20O6. The Hall–Kier alpha value is -2.11. The molecule has 2 aliphatic carbocycles. The molecule has 0 aromatic carbocycles. The van der Waals surface area contributed by atoms with Gasteiger partial charge in [0.2, 0.25) is 0 Å². The third-order valence-corrected chi connectivity index (χ3v) is 6.99. The summed E-state index contributed by atoms with van der Waals surface area (Å²) >= 11 is 0. The quantitative estimate of drug-likeness (QED) is 0.728. The maximum Gasteiger partial charge on any atom is 0.310 e. The maximum absolute atomic E-state index is 12.8. The van der Waals surface area contributed by atoms with Crippen LogP contribution in [-0.4, -0.2) is 23.8 Å². The van der Waals surface area contributed by atoms with E-state index in [4.69, 9.17) is 13.9 Å². The molecule has 0 N–H and O–H groups in total. The first kappa shape index (κ1) is 15.2. The first-order valence-electron chi connectivity index (χ1n) is 8.93. The third-order valence-electron chi connectivity index (χ3n) is 6.99. The average Bonchev–Trinajstić information content (AvgIpc) is 3.19. The monoisotopic (exact) mass is 344 g/mol. The Labute approximate surface area is 144 Å². The van der Waals surface area contributed by atoms with E-state index in [1.54, 1.807) is 12.5 Å². The van der Waals surface area contributed by atoms with E-state index in [2.05, 4.69) is 6.92 Å². The lowest BCUT2D eigenvalue weighted by Crippen LogP contribution is -2.57. The Morgan fingerprint density at radius 1 is 1.12 bits per heavy atom. The minimum Gasteiger partial charge on any atom is -0.472 e. The average molecular weight is 344 g/mol. The van der Waals surface area contributed by atoms with Gasteiger partial charge in [0.1, 0.15) is 18.0 Å². The van der Waals surface area contributed by atoms with Gasteiger partial charge in [0, 0.05) is 17.9 Å². The van der Waals surface area contributed by atoms with Crippen LogP contribution in [0.1, 0.15) is 44.3 Å². The fourth-order valence-electron chi connectivity index (χ4n) is 5.74. The number of rotatable bonds is 1. The number of ether oxygens (including phenoxy) is 2. The Kier molecular flexibility index (Phi) is 3.01. The summed E-state index contributed by atoms with van der Waals surface area (Å²) in [6.45, 7) is 2.09. The van der Waals surface area contributed by atoms with Crippen molar-refractivity contribution in [1.82, 2.24) is 0 Å². The molecule has 4 aliphatic rings. The molecule has 3 heterocycles. The summed E-state index contributed by atoms with van der Waals surface area (Å²) < 4.78 is 16.2. The van der Waals surface area contributed by atoms with Gasteiger partial charge in [-0.05, 0) is 36.7 Å². The minimum absolute atomic E-state index is 0.0174. The van der Waals surface area contributed by atoms with Crippen molar-refractivity contribution in [2.24, 2.45) is 29.1 Å². The summed E-state index contributed by atoms with van der Waals surface area (Å²) in [7, 11) is 0. The van der Waals surface area contributed by atoms with Gasteiger partial charge in [-0.3, -0.25) is 14.4 Å². The van der Waals surface area contributed by atoms with Crippen LogP contribution in [0.2, 0.25) is 0 Å². The highest BCUT2D eigenvalue weighted by atomic mass is 16.6. The van der Waals surface area contributed by atoms with Crippen molar-refractivity contribution >= 4 is 17.7 Å². The maximum atomic E-state index is 12.8. The summed E-state index contributed by atoms with van der Waals surface area (Å²) in [5.74, 6) is -1.63. The van der Waals surface area contributed by atoms with Crippen molar-refractivity contribution in [1.29, 1.82) is 0 Å². The van der Waals surface area contributed by atoms with Crippen LogP contribution in [0.4, 0.5) is 0 Å². The summed E-state index contributed by atoms with van der Waals surface area (Å²) in [5, 5.41) is 0. The molecule has 25 heavy (non-hydrogen) atoms. The van der Waals surface area contributed by atoms with Crippen LogP contribution in [0.25, 0.3) is 0 Å². The summed E-state index contributed by atoms with van der Waals surface area (Å²) in [6, 6.07) is 1.81. The number of carbonyl (C=O) groups is 3. The van der Waals surface area contributed by atoms with Gasteiger partial charge in [0.05, 0.1) is 24.4 Å². The minimum atomic E-state index is -0.433. The van der Waals surface area contributed by atoms with Crippen molar-refractivity contribution in [3.05, 3.63) is 24.2 Å². The zero-order chi connectivity index (χ0) is 17.3. The topological polar surface area (TPSA) is 82.8 Å². The van der Waals surface area contributed by atoms with Gasteiger partial charge in [-0.15, -0.1) is 0 Å². The van der Waals surface area contributed by atoms with Crippen molar-refractivity contribution in [3.63, 3.8) is 0 Å². The van der Waals surface area contributed by atoms with E-state index in [9.17, 15) is 14.4 Å². The molecule has 5 rings (SSSR count). The molecule has 4 fully saturated rings. The number of hydrogen-bond donors (Lipinski definition) is 0. The van der Waals surface area contributed by atoms with Crippen LogP contribution in [0.5, 0.6) is 0 Å². The second-order valence-electron chi connectivity index (χ2n) is 8.18. The molecular weight excluding hydrogens is 324 g/mol. The van der Waals surface area contributed by atoms with E-state index in [-0.39, 0.29) is 59.5 Å². The zero-order valence-corrected chi connectivity index (χ0v) is 14.0. The Bertz CT molecular complexity index is 752. The van der Waals surface area contributed by atoms with E-state index in [1.165, 1.54) is 0 Å². The van der Waals surface area contributed by atoms with Crippen LogP contribution in [0.15, 0.2) is 23.0 Å². The molecule has 0 unspecified atom stereocenters. The molecule has 1 aromatic heterocycles. The Balaban J connectivity index is 1.55. The van der Waals surface area contributed by atoms with Gasteiger partial charge >= 0.3 is 11.9 Å². The molecule has 7 atom stereocenters. The third kappa shape index (κ3) is 1.99. The molecule has 0 radical (unpaired) electrons. The van der Waals surface area contributed by atoms with Gasteiger partial charge in [-0.2, -0.15) is 0 Å². The molecule has 2 bridgehead atoms. The first-order valence-corrected chi connectivity index (χ1v) is 8.93. The van der Waals surface area contributed by atoms with Gasteiger partial charge in [-0.25, -0.2) is 0 Å². The molecule has 2 saturated carbocycles. The van der Waals surface area contributed by atoms with Gasteiger partial charge in [0.25, 0.3) is 0 Å². The number of hydrogen-bond acceptors (Lipinski definition) is 6. The largest absolute Gasteiger partial charge is 0.472 e. The smallest absolute Gasteiger partial charge is 0.310 e. The van der Waals surface area contributed by atoms with Crippen LogP contribution < -0.4 is 0 Å². The number of Topliss-reactive ketones (excluding diaryl/α,β-unsaturated/α-hetero) is 1. The van der Waals surface area contributed by atoms with E-state index in [0.717, 1.165) is 5.56 Å². The second kappa shape index (κ2) is 4.96. The van der Waals surface area contributed by atoms with E-state index < -0.39 is 5.92 Å². The van der Waals surface area contributed by atoms with Gasteiger partial charge < -0.3 is 13.9 Å². The van der Waals surface area contributed by atoms with Crippen LogP contribution in [0, 0.1) is 29.1 Å². The number of esters is 2. The normalized spacial score (nSPS) is 45.4. The number of furan rings is 1. The summed E-state index contributed by atoms with van der Waals surface area (Å²) in [4.78, 5) is 37.6. The highest BCUT2D eigenvalue weighted by molar-refractivity contribution is 5.93. The predicted octanol–water partition coefficient (Wildman–Crippen LogP) is 2.43. The van der Waals surface area contributed by atoms with Crippen LogP contribution in [-0.2, 0) is 23.9 Å². The molecule has 2 saturated heterocycles. The summed E-state index contributed by atoms with van der Waals surface area (Å²) in [6.07, 6.45) is 4.81. The zero-order valence-electron chi connectivity index (χ0n) is 14.0. The lowest BCUT2D eigenvalue weighted by molar-refractivity contribution is -0.191. The van der Waals surface area contributed by atoms with Gasteiger partial charge in [-0.1, -0.05) is 6.92 Å². The molecule has 0 amide bonds. The fourth-order valence-corrected chi connectivity index (χ4v) is 5.74. The van der Waals surface area contributed by atoms with Crippen molar-refractivity contribution < 1.29 is 28.3 Å². The predicted molar refractivity (Wildman–Crippen MR) is 83.0 cm³/mol. The standard InChI is InChI=1S/C19H20O6/c1-19-7-15(9-2-3-23-8-9)25-18(22)13(19)6-14(20)16-11-4-10(5-12(16)19)24-17(11)21/h2-3,8,10-13,15-16H,4-7H2,1H3/t10-,11-,12+,13+,15-,16+,19-/m0/s1. The second-order valence-corrected chi connectivity index (χ2v) is 8.18. The first-order chi connectivity index (χ1) is 12.0. The summed E-state index contributed by atoms with van der Waals surface area (Å²) in [5.41, 5.74) is 0.466. The molecule has 1 aromatic rings. The molecule has 2 aliphatic heterocycles. The fraction of sp³-hybridized carbons (Fsp3) is 0.632. The van der Waals surface area contributed by atoms with E-state index >= 15 is 0 Å². The lowest BCUT2D eigenvalue weighted by atomic mass is 9.49. The Morgan fingerprint density at radius 2 is 1.96 bits per heavy atom. The lowest BCUT2D eigenvalue weighted by Gasteiger charge is -2.54. The van der Waals surface area contributed by atoms with Crippen molar-refractivity contribution in [2.45, 2.75) is 44.8 Å². The Morgan fingerprint density at radius 3 is 2.72 bits per heavy atom. The number of cyclic esters (lactones) is 1. The molecule has 132 valence electrons.